The summed E-state index contributed by atoms with van der Waals surface area (Å²) in [4.78, 5) is 0. The Kier molecular flexibility index (Phi) is 3.69. The standard InChI is InChI=1S/C14H20O3/c1-11(15)12-4-6-13(7-5-12)17-10-14(16)8-2-3-9-14/h4-7,11,15-16H,2-3,8-10H2,1H3/t11-/m1/s1. The Morgan fingerprint density at radius 2 is 1.82 bits per heavy atom. The van der Waals surface area contributed by atoms with Gasteiger partial charge in [0.05, 0.1) is 11.7 Å². The Bertz CT molecular complexity index is 350. The van der Waals surface area contributed by atoms with E-state index in [4.69, 9.17) is 4.74 Å². The summed E-state index contributed by atoms with van der Waals surface area (Å²) in [5, 5.41) is 19.5. The average molecular weight is 236 g/mol. The third-order valence-electron chi connectivity index (χ3n) is 3.40. The van der Waals surface area contributed by atoms with Gasteiger partial charge in [0, 0.05) is 0 Å². The molecule has 1 saturated carbocycles. The van der Waals surface area contributed by atoms with Crippen molar-refractivity contribution in [3.05, 3.63) is 29.8 Å². The van der Waals surface area contributed by atoms with Crippen LogP contribution in [0, 0.1) is 0 Å². The van der Waals surface area contributed by atoms with Crippen molar-refractivity contribution in [3.8, 4) is 5.75 Å². The minimum Gasteiger partial charge on any atom is -0.491 e. The second kappa shape index (κ2) is 5.07. The van der Waals surface area contributed by atoms with Crippen molar-refractivity contribution in [1.82, 2.24) is 0 Å². The van der Waals surface area contributed by atoms with E-state index in [1.807, 2.05) is 24.3 Å². The second-order valence-electron chi connectivity index (χ2n) is 4.97. The fraction of sp³-hybridized carbons (Fsp3) is 0.571. The first-order chi connectivity index (χ1) is 8.09. The third-order valence-corrected chi connectivity index (χ3v) is 3.40. The van der Waals surface area contributed by atoms with E-state index >= 15 is 0 Å². The van der Waals surface area contributed by atoms with Gasteiger partial charge in [-0.2, -0.15) is 0 Å². The van der Waals surface area contributed by atoms with Gasteiger partial charge < -0.3 is 14.9 Å². The van der Waals surface area contributed by atoms with E-state index in [-0.39, 0.29) is 0 Å². The molecule has 17 heavy (non-hydrogen) atoms. The number of hydrogen-bond acceptors (Lipinski definition) is 3. The molecule has 94 valence electrons. The predicted molar refractivity (Wildman–Crippen MR) is 66.0 cm³/mol. The molecule has 2 N–H and O–H groups in total. The molecule has 1 aromatic rings. The van der Waals surface area contributed by atoms with Crippen LogP contribution in [-0.2, 0) is 0 Å². The fourth-order valence-corrected chi connectivity index (χ4v) is 2.24. The van der Waals surface area contributed by atoms with Gasteiger partial charge in [-0.1, -0.05) is 25.0 Å². The fourth-order valence-electron chi connectivity index (χ4n) is 2.24. The Balaban J connectivity index is 1.90. The molecular weight excluding hydrogens is 216 g/mol. The van der Waals surface area contributed by atoms with Gasteiger partial charge in [-0.05, 0) is 37.5 Å². The molecule has 1 aromatic carbocycles. The molecule has 0 amide bonds. The molecule has 0 heterocycles. The summed E-state index contributed by atoms with van der Waals surface area (Å²) < 4.78 is 5.60. The normalized spacial score (nSPS) is 20.2. The molecule has 0 unspecified atom stereocenters. The molecule has 3 heteroatoms. The van der Waals surface area contributed by atoms with Crippen LogP contribution in [0.2, 0.25) is 0 Å². The van der Waals surface area contributed by atoms with Crippen molar-refractivity contribution >= 4 is 0 Å². The van der Waals surface area contributed by atoms with E-state index in [0.29, 0.717) is 6.61 Å². The molecule has 0 aromatic heterocycles. The minimum atomic E-state index is -0.636. The zero-order valence-electron chi connectivity index (χ0n) is 10.2. The second-order valence-corrected chi connectivity index (χ2v) is 4.97. The molecule has 0 spiro atoms. The largest absolute Gasteiger partial charge is 0.491 e. The van der Waals surface area contributed by atoms with Gasteiger partial charge in [-0.25, -0.2) is 0 Å². The van der Waals surface area contributed by atoms with Crippen LogP contribution < -0.4 is 4.74 Å². The van der Waals surface area contributed by atoms with Crippen LogP contribution >= 0.6 is 0 Å². The van der Waals surface area contributed by atoms with Crippen molar-refractivity contribution in [2.75, 3.05) is 6.61 Å². The molecule has 1 aliphatic rings. The van der Waals surface area contributed by atoms with Crippen LogP contribution in [-0.4, -0.2) is 22.4 Å². The van der Waals surface area contributed by atoms with Gasteiger partial charge in [0.15, 0.2) is 0 Å². The lowest BCUT2D eigenvalue weighted by Gasteiger charge is -2.22. The summed E-state index contributed by atoms with van der Waals surface area (Å²) in [6.07, 6.45) is 3.38. The topological polar surface area (TPSA) is 49.7 Å². The Morgan fingerprint density at radius 1 is 1.24 bits per heavy atom. The highest BCUT2D eigenvalue weighted by molar-refractivity contribution is 5.28. The van der Waals surface area contributed by atoms with Crippen LogP contribution in [0.4, 0.5) is 0 Å². The number of aliphatic hydroxyl groups is 2. The van der Waals surface area contributed by atoms with E-state index in [0.717, 1.165) is 37.0 Å². The summed E-state index contributed by atoms with van der Waals surface area (Å²) >= 11 is 0. The molecule has 1 atom stereocenters. The van der Waals surface area contributed by atoms with Crippen LogP contribution in [0.1, 0.15) is 44.3 Å². The summed E-state index contributed by atoms with van der Waals surface area (Å²) in [5.41, 5.74) is 0.236. The van der Waals surface area contributed by atoms with E-state index < -0.39 is 11.7 Å². The molecule has 1 fully saturated rings. The molecule has 0 radical (unpaired) electrons. The predicted octanol–water partition coefficient (Wildman–Crippen LogP) is 2.42. The Morgan fingerprint density at radius 3 is 2.35 bits per heavy atom. The summed E-state index contributed by atoms with van der Waals surface area (Å²) in [6, 6.07) is 7.36. The summed E-state index contributed by atoms with van der Waals surface area (Å²) in [5.74, 6) is 0.745. The minimum absolute atomic E-state index is 0.362. The Hall–Kier alpha value is -1.06. The van der Waals surface area contributed by atoms with Gasteiger partial charge in [0.2, 0.25) is 0 Å². The highest BCUT2D eigenvalue weighted by Gasteiger charge is 2.31. The molecular formula is C14H20O3. The van der Waals surface area contributed by atoms with Crippen molar-refractivity contribution in [3.63, 3.8) is 0 Å². The first-order valence-corrected chi connectivity index (χ1v) is 6.22. The van der Waals surface area contributed by atoms with E-state index in [2.05, 4.69) is 0 Å². The van der Waals surface area contributed by atoms with Crippen molar-refractivity contribution in [2.45, 2.75) is 44.3 Å². The van der Waals surface area contributed by atoms with Gasteiger partial charge in [0.1, 0.15) is 12.4 Å². The smallest absolute Gasteiger partial charge is 0.119 e. The molecule has 2 rings (SSSR count). The number of ether oxygens (including phenoxy) is 1. The van der Waals surface area contributed by atoms with Crippen molar-refractivity contribution in [2.24, 2.45) is 0 Å². The van der Waals surface area contributed by atoms with Crippen LogP contribution in [0.5, 0.6) is 5.75 Å². The van der Waals surface area contributed by atoms with Crippen LogP contribution in [0.25, 0.3) is 0 Å². The maximum Gasteiger partial charge on any atom is 0.119 e. The quantitative estimate of drug-likeness (QED) is 0.844. The number of benzene rings is 1. The van der Waals surface area contributed by atoms with Crippen LogP contribution in [0.3, 0.4) is 0 Å². The lowest BCUT2D eigenvalue weighted by Crippen LogP contribution is -2.32. The van der Waals surface area contributed by atoms with Gasteiger partial charge in [-0.15, -0.1) is 0 Å². The summed E-state index contributed by atoms with van der Waals surface area (Å²) in [6.45, 7) is 2.10. The first kappa shape index (κ1) is 12.4. The van der Waals surface area contributed by atoms with E-state index in [1.165, 1.54) is 0 Å². The van der Waals surface area contributed by atoms with Gasteiger partial charge >= 0.3 is 0 Å². The zero-order chi connectivity index (χ0) is 12.3. The molecule has 0 saturated heterocycles. The number of aliphatic hydroxyl groups excluding tert-OH is 1. The first-order valence-electron chi connectivity index (χ1n) is 6.22. The monoisotopic (exact) mass is 236 g/mol. The molecule has 1 aliphatic carbocycles. The molecule has 0 bridgehead atoms. The Labute approximate surface area is 102 Å². The highest BCUT2D eigenvalue weighted by atomic mass is 16.5. The summed E-state index contributed by atoms with van der Waals surface area (Å²) in [7, 11) is 0. The van der Waals surface area contributed by atoms with Gasteiger partial charge in [0.25, 0.3) is 0 Å². The highest BCUT2D eigenvalue weighted by Crippen LogP contribution is 2.30. The van der Waals surface area contributed by atoms with Gasteiger partial charge in [-0.3, -0.25) is 0 Å². The third kappa shape index (κ3) is 3.20. The maximum atomic E-state index is 10.1. The van der Waals surface area contributed by atoms with Crippen molar-refractivity contribution in [1.29, 1.82) is 0 Å². The number of rotatable bonds is 4. The van der Waals surface area contributed by atoms with Crippen LogP contribution in [0.15, 0.2) is 24.3 Å². The van der Waals surface area contributed by atoms with E-state index in [9.17, 15) is 10.2 Å². The SMILES string of the molecule is C[C@@H](O)c1ccc(OCC2(O)CCCC2)cc1. The molecule has 3 nitrogen and oxygen atoms in total. The zero-order valence-corrected chi connectivity index (χ0v) is 10.2. The number of hydrogen-bond donors (Lipinski definition) is 2. The van der Waals surface area contributed by atoms with Crippen molar-refractivity contribution < 1.29 is 14.9 Å². The maximum absolute atomic E-state index is 10.1. The lowest BCUT2D eigenvalue weighted by molar-refractivity contribution is 0.00139. The molecule has 0 aliphatic heterocycles. The lowest BCUT2D eigenvalue weighted by atomic mass is 10.0. The average Bonchev–Trinajstić information content (AvgIpc) is 2.75. The van der Waals surface area contributed by atoms with E-state index in [1.54, 1.807) is 6.92 Å².